The molecule has 1 aliphatic heterocycles. The first-order valence-electron chi connectivity index (χ1n) is 14.6. The van der Waals surface area contributed by atoms with Gasteiger partial charge in [-0.2, -0.15) is 0 Å². The maximum absolute atomic E-state index is 6.87. The van der Waals surface area contributed by atoms with Crippen LogP contribution in [0.15, 0.2) is 138 Å². The summed E-state index contributed by atoms with van der Waals surface area (Å²) in [5.74, 6) is 1.68. The second-order valence-corrected chi connectivity index (χ2v) is 11.4. The average Bonchev–Trinajstić information content (AvgIpc) is 3.33. The van der Waals surface area contributed by atoms with Gasteiger partial charge >= 0.3 is 0 Å². The summed E-state index contributed by atoms with van der Waals surface area (Å²) in [5, 5.41) is 0. The van der Waals surface area contributed by atoms with Crippen molar-refractivity contribution in [3.8, 4) is 11.5 Å². The molecule has 4 aliphatic carbocycles. The first-order valence-corrected chi connectivity index (χ1v) is 14.6. The van der Waals surface area contributed by atoms with Gasteiger partial charge in [-0.25, -0.2) is 0 Å². The Morgan fingerprint density at radius 2 is 1.70 bits per heavy atom. The van der Waals surface area contributed by atoms with Crippen LogP contribution in [-0.2, 0) is 11.8 Å². The summed E-state index contributed by atoms with van der Waals surface area (Å²) in [5.41, 5.74) is 10.2. The van der Waals surface area contributed by atoms with Gasteiger partial charge in [0.15, 0.2) is 23.7 Å². The molecular weight excluding hydrogens is 488 g/mol. The van der Waals surface area contributed by atoms with E-state index in [0.717, 1.165) is 43.6 Å². The van der Waals surface area contributed by atoms with E-state index in [0.29, 0.717) is 0 Å². The molecule has 0 radical (unpaired) electrons. The summed E-state index contributed by atoms with van der Waals surface area (Å²) >= 11 is 0. The zero-order chi connectivity index (χ0) is 26.5. The van der Waals surface area contributed by atoms with Crippen LogP contribution in [0.4, 0.5) is 0 Å². The molecular formula is C38H32O2. The maximum atomic E-state index is 6.87. The zero-order valence-corrected chi connectivity index (χ0v) is 22.6. The van der Waals surface area contributed by atoms with E-state index in [1.54, 1.807) is 0 Å². The molecule has 5 aliphatic rings. The van der Waals surface area contributed by atoms with E-state index in [9.17, 15) is 0 Å². The van der Waals surface area contributed by atoms with Crippen molar-refractivity contribution in [1.82, 2.24) is 0 Å². The third-order valence-electron chi connectivity index (χ3n) is 9.04. The van der Waals surface area contributed by atoms with Crippen molar-refractivity contribution in [3.63, 3.8) is 0 Å². The lowest BCUT2D eigenvalue weighted by Gasteiger charge is -2.39. The van der Waals surface area contributed by atoms with Crippen LogP contribution in [0.25, 0.3) is 5.57 Å². The van der Waals surface area contributed by atoms with Gasteiger partial charge in [-0.05, 0) is 83.7 Å². The number of ether oxygens (including phenoxy) is 2. The highest BCUT2D eigenvalue weighted by Crippen LogP contribution is 2.59. The molecule has 2 nitrogen and oxygen atoms in total. The first-order chi connectivity index (χ1) is 19.8. The van der Waals surface area contributed by atoms with Gasteiger partial charge in [-0.1, -0.05) is 109 Å². The van der Waals surface area contributed by atoms with Gasteiger partial charge in [-0.3, -0.25) is 0 Å². The second kappa shape index (κ2) is 9.41. The van der Waals surface area contributed by atoms with E-state index in [1.165, 1.54) is 44.5 Å². The quantitative estimate of drug-likeness (QED) is 0.343. The number of fused-ring (bicyclic) bond motifs is 5. The smallest absolute Gasteiger partial charge is 0.165 e. The normalized spacial score (nSPS) is 25.6. The summed E-state index contributed by atoms with van der Waals surface area (Å²) in [7, 11) is 0. The molecule has 3 atom stereocenters. The molecule has 0 fully saturated rings. The number of benzene rings is 3. The number of allylic oxidation sites excluding steroid dienone is 10. The lowest BCUT2D eigenvalue weighted by atomic mass is 9.65. The molecule has 0 saturated carbocycles. The standard InChI is InChI=1S/C38H32O2/c1-4-12-26(13-5-1)24-27-20-22-33-35(25-27)39-34-23-21-32-36(37(34)40-33)30-18-10-11-19-31(30)38(32,28-14-6-2-7-15-28)29-16-8-3-9-17-29/h1-2,4,6-8,10-12,14-23,25,34,37H,3,5,9,13,24H2. The molecule has 1 heterocycles. The fraction of sp³-hybridized carbons (Fsp3) is 0.211. The van der Waals surface area contributed by atoms with Crippen molar-refractivity contribution in [2.45, 2.75) is 49.7 Å². The van der Waals surface area contributed by atoms with Crippen molar-refractivity contribution in [2.75, 3.05) is 0 Å². The van der Waals surface area contributed by atoms with Crippen LogP contribution in [0.1, 0.15) is 47.9 Å². The van der Waals surface area contributed by atoms with Crippen LogP contribution in [0.2, 0.25) is 0 Å². The average molecular weight is 521 g/mol. The Hall–Kier alpha value is -4.30. The Morgan fingerprint density at radius 3 is 2.55 bits per heavy atom. The Labute approximate surface area is 236 Å². The van der Waals surface area contributed by atoms with E-state index in [1.807, 2.05) is 0 Å². The lowest BCUT2D eigenvalue weighted by Crippen LogP contribution is -2.41. The van der Waals surface area contributed by atoms with Crippen LogP contribution in [0.5, 0.6) is 11.5 Å². The van der Waals surface area contributed by atoms with Gasteiger partial charge in [-0.15, -0.1) is 0 Å². The third kappa shape index (κ3) is 3.55. The minimum atomic E-state index is -0.374. The molecule has 196 valence electrons. The minimum absolute atomic E-state index is 0.172. The number of hydrogen-bond acceptors (Lipinski definition) is 2. The molecule has 3 unspecified atom stereocenters. The van der Waals surface area contributed by atoms with E-state index < -0.39 is 0 Å². The summed E-state index contributed by atoms with van der Waals surface area (Å²) < 4.78 is 13.6. The van der Waals surface area contributed by atoms with Crippen LogP contribution in [-0.4, -0.2) is 12.2 Å². The molecule has 40 heavy (non-hydrogen) atoms. The predicted octanol–water partition coefficient (Wildman–Crippen LogP) is 8.61. The lowest BCUT2D eigenvalue weighted by molar-refractivity contribution is 0.0810. The third-order valence-corrected chi connectivity index (χ3v) is 9.04. The highest BCUT2D eigenvalue weighted by Gasteiger charge is 2.52. The highest BCUT2D eigenvalue weighted by atomic mass is 16.6. The Bertz CT molecular complexity index is 1680. The molecule has 8 rings (SSSR count). The second-order valence-electron chi connectivity index (χ2n) is 11.4. The van der Waals surface area contributed by atoms with Gasteiger partial charge in [0.05, 0.1) is 5.41 Å². The molecule has 0 amide bonds. The van der Waals surface area contributed by atoms with Crippen molar-refractivity contribution in [1.29, 1.82) is 0 Å². The van der Waals surface area contributed by atoms with E-state index >= 15 is 0 Å². The minimum Gasteiger partial charge on any atom is -0.478 e. The molecule has 0 N–H and O–H groups in total. The molecule has 2 heteroatoms. The maximum Gasteiger partial charge on any atom is 0.165 e. The van der Waals surface area contributed by atoms with Crippen molar-refractivity contribution in [2.24, 2.45) is 0 Å². The Morgan fingerprint density at radius 1 is 0.800 bits per heavy atom. The Kier molecular flexibility index (Phi) is 5.55. The van der Waals surface area contributed by atoms with Crippen LogP contribution in [0, 0.1) is 0 Å². The van der Waals surface area contributed by atoms with Crippen LogP contribution in [0.3, 0.4) is 0 Å². The van der Waals surface area contributed by atoms with Crippen molar-refractivity contribution >= 4 is 5.57 Å². The summed E-state index contributed by atoms with van der Waals surface area (Å²) in [4.78, 5) is 0. The Balaban J connectivity index is 1.25. The van der Waals surface area contributed by atoms with Gasteiger partial charge in [0.2, 0.25) is 0 Å². The zero-order valence-electron chi connectivity index (χ0n) is 22.6. The molecule has 3 aromatic carbocycles. The van der Waals surface area contributed by atoms with Crippen molar-refractivity contribution < 1.29 is 9.47 Å². The van der Waals surface area contributed by atoms with E-state index in [2.05, 4.69) is 121 Å². The number of rotatable bonds is 4. The van der Waals surface area contributed by atoms with Crippen molar-refractivity contribution in [3.05, 3.63) is 160 Å². The van der Waals surface area contributed by atoms with Gasteiger partial charge in [0.1, 0.15) is 0 Å². The van der Waals surface area contributed by atoms with E-state index in [4.69, 9.17) is 9.47 Å². The summed E-state index contributed by atoms with van der Waals surface area (Å²) in [6, 6.07) is 26.4. The molecule has 3 aromatic rings. The van der Waals surface area contributed by atoms with Crippen LogP contribution >= 0.6 is 0 Å². The number of hydrogen-bond donors (Lipinski definition) is 0. The van der Waals surface area contributed by atoms with E-state index in [-0.39, 0.29) is 17.6 Å². The molecule has 0 bridgehead atoms. The fourth-order valence-electron chi connectivity index (χ4n) is 7.31. The topological polar surface area (TPSA) is 18.5 Å². The van der Waals surface area contributed by atoms with Gasteiger partial charge < -0.3 is 9.47 Å². The SMILES string of the molecule is C1=CCCC(Cc2ccc3c(c2)OC2C=CC4=C(c5ccccc5C4(C4=CCCC=C4)c4ccccc4)C2O3)=C1. The fourth-order valence-corrected chi connectivity index (χ4v) is 7.31. The molecule has 0 aromatic heterocycles. The predicted molar refractivity (Wildman–Crippen MR) is 162 cm³/mol. The van der Waals surface area contributed by atoms with Crippen LogP contribution < -0.4 is 9.47 Å². The molecule has 0 saturated heterocycles. The summed E-state index contributed by atoms with van der Waals surface area (Å²) in [6.07, 6.45) is 23.3. The summed E-state index contributed by atoms with van der Waals surface area (Å²) in [6.45, 7) is 0. The van der Waals surface area contributed by atoms with Gasteiger partial charge in [0, 0.05) is 5.57 Å². The largest absolute Gasteiger partial charge is 0.478 e. The first kappa shape index (κ1) is 23.6. The molecule has 0 spiro atoms. The monoisotopic (exact) mass is 520 g/mol. The highest BCUT2D eigenvalue weighted by molar-refractivity contribution is 5.91. The van der Waals surface area contributed by atoms with Gasteiger partial charge in [0.25, 0.3) is 0 Å².